The van der Waals surface area contributed by atoms with E-state index in [-0.39, 0.29) is 33.1 Å². The highest BCUT2D eigenvalue weighted by Crippen LogP contribution is 2.31. The Morgan fingerprint density at radius 3 is 2.19 bits per heavy atom. The van der Waals surface area contributed by atoms with Gasteiger partial charge in [-0.3, -0.25) is 10.1 Å². The topological polar surface area (TPSA) is 68.0 Å². The van der Waals surface area contributed by atoms with Crippen molar-refractivity contribution in [3.63, 3.8) is 0 Å². The second kappa shape index (κ2) is 6.97. The number of rotatable bonds is 3. The first-order chi connectivity index (χ1) is 12.2. The van der Waals surface area contributed by atoms with E-state index in [1.165, 1.54) is 30.3 Å². The van der Waals surface area contributed by atoms with Gasteiger partial charge in [-0.1, -0.05) is 28.3 Å². The molecule has 10 heteroatoms. The largest absolute Gasteiger partial charge is 0.416 e. The molecule has 3 rings (SSSR count). The Hall–Kier alpha value is -2.58. The van der Waals surface area contributed by atoms with E-state index in [0.717, 1.165) is 12.1 Å². The fourth-order valence-electron chi connectivity index (χ4n) is 2.05. The fourth-order valence-corrected chi connectivity index (χ4v) is 2.57. The average Bonchev–Trinajstić information content (AvgIpc) is 3.01. The number of hydrogen-bond donors (Lipinski definition) is 1. The Morgan fingerprint density at radius 2 is 1.62 bits per heavy atom. The van der Waals surface area contributed by atoms with Crippen molar-refractivity contribution in [2.75, 3.05) is 5.32 Å². The SMILES string of the molecule is O=C(Nc1nnc(-c2ccc(C(F)(F)F)cc2)o1)c1cc(Cl)cc(Cl)c1. The summed E-state index contributed by atoms with van der Waals surface area (Å²) >= 11 is 11.7. The number of anilines is 1. The third-order valence-corrected chi connectivity index (χ3v) is 3.67. The van der Waals surface area contributed by atoms with Crippen molar-refractivity contribution < 1.29 is 22.4 Å². The molecule has 1 aromatic heterocycles. The van der Waals surface area contributed by atoms with Crippen LogP contribution in [0.5, 0.6) is 0 Å². The summed E-state index contributed by atoms with van der Waals surface area (Å²) < 4.78 is 43.0. The van der Waals surface area contributed by atoms with Crippen LogP contribution in [0, 0.1) is 0 Å². The monoisotopic (exact) mass is 401 g/mol. The number of carbonyl (C=O) groups excluding carboxylic acids is 1. The maximum atomic E-state index is 12.6. The number of amides is 1. The van der Waals surface area contributed by atoms with Crippen LogP contribution >= 0.6 is 23.2 Å². The zero-order chi connectivity index (χ0) is 18.9. The van der Waals surface area contributed by atoms with Crippen molar-refractivity contribution in [2.45, 2.75) is 6.18 Å². The zero-order valence-electron chi connectivity index (χ0n) is 12.6. The number of halogens is 5. The molecule has 0 atom stereocenters. The predicted molar refractivity (Wildman–Crippen MR) is 89.2 cm³/mol. The molecule has 0 saturated heterocycles. The van der Waals surface area contributed by atoms with Gasteiger partial charge >= 0.3 is 12.2 Å². The van der Waals surface area contributed by atoms with E-state index in [2.05, 4.69) is 15.5 Å². The summed E-state index contributed by atoms with van der Waals surface area (Å²) in [5.41, 5.74) is -0.347. The van der Waals surface area contributed by atoms with E-state index >= 15 is 0 Å². The second-order valence-corrected chi connectivity index (χ2v) is 5.97. The molecular weight excluding hydrogens is 394 g/mol. The van der Waals surface area contributed by atoms with Gasteiger partial charge in [0.1, 0.15) is 0 Å². The number of benzene rings is 2. The normalized spacial score (nSPS) is 11.4. The summed E-state index contributed by atoms with van der Waals surface area (Å²) in [4.78, 5) is 12.1. The maximum absolute atomic E-state index is 12.6. The number of aromatic nitrogens is 2. The van der Waals surface area contributed by atoms with Crippen LogP contribution in [0.25, 0.3) is 11.5 Å². The molecule has 3 aromatic rings. The smallest absolute Gasteiger partial charge is 0.403 e. The van der Waals surface area contributed by atoms with Gasteiger partial charge in [-0.25, -0.2) is 0 Å². The highest BCUT2D eigenvalue weighted by atomic mass is 35.5. The average molecular weight is 402 g/mol. The number of carbonyl (C=O) groups is 1. The van der Waals surface area contributed by atoms with Crippen LogP contribution < -0.4 is 5.32 Å². The molecule has 0 unspecified atom stereocenters. The Bertz CT molecular complexity index is 936. The van der Waals surface area contributed by atoms with E-state index in [1.54, 1.807) is 0 Å². The fraction of sp³-hybridized carbons (Fsp3) is 0.0625. The lowest BCUT2D eigenvalue weighted by atomic mass is 10.1. The Morgan fingerprint density at radius 1 is 1.00 bits per heavy atom. The maximum Gasteiger partial charge on any atom is 0.416 e. The van der Waals surface area contributed by atoms with Crippen molar-refractivity contribution in [1.29, 1.82) is 0 Å². The van der Waals surface area contributed by atoms with Crippen molar-refractivity contribution in [1.82, 2.24) is 10.2 Å². The molecule has 0 aliphatic rings. The van der Waals surface area contributed by atoms with Crippen LogP contribution in [0.4, 0.5) is 19.2 Å². The molecule has 0 radical (unpaired) electrons. The molecule has 2 aromatic carbocycles. The van der Waals surface area contributed by atoms with E-state index in [1.807, 2.05) is 0 Å². The quantitative estimate of drug-likeness (QED) is 0.645. The highest BCUT2D eigenvalue weighted by molar-refractivity contribution is 6.35. The lowest BCUT2D eigenvalue weighted by Gasteiger charge is -2.05. The van der Waals surface area contributed by atoms with Crippen LogP contribution in [0.15, 0.2) is 46.9 Å². The molecule has 134 valence electrons. The molecule has 0 fully saturated rings. The Balaban J connectivity index is 1.76. The Kier molecular flexibility index (Phi) is 4.88. The summed E-state index contributed by atoms with van der Waals surface area (Å²) in [6, 6.07) is 8.22. The first-order valence-corrected chi connectivity index (χ1v) is 7.76. The standard InChI is InChI=1S/C16H8Cl2F3N3O2/c17-11-5-9(6-12(18)7-11)13(25)22-15-24-23-14(26-15)8-1-3-10(4-2-8)16(19,20)21/h1-7H,(H,22,24,25). The van der Waals surface area contributed by atoms with E-state index in [0.29, 0.717) is 0 Å². The van der Waals surface area contributed by atoms with Crippen molar-refractivity contribution in [3.8, 4) is 11.5 Å². The van der Waals surface area contributed by atoms with Crippen LogP contribution in [-0.4, -0.2) is 16.1 Å². The van der Waals surface area contributed by atoms with Crippen molar-refractivity contribution in [3.05, 3.63) is 63.6 Å². The molecule has 0 bridgehead atoms. The van der Waals surface area contributed by atoms with Gasteiger partial charge in [0.15, 0.2) is 0 Å². The van der Waals surface area contributed by atoms with Gasteiger partial charge in [-0.05, 0) is 42.5 Å². The number of nitrogens with zero attached hydrogens (tertiary/aromatic N) is 2. The molecule has 0 spiro atoms. The third-order valence-electron chi connectivity index (χ3n) is 3.23. The van der Waals surface area contributed by atoms with Crippen molar-refractivity contribution >= 4 is 35.1 Å². The Labute approximate surface area is 154 Å². The van der Waals surface area contributed by atoms with Gasteiger partial charge in [0, 0.05) is 21.2 Å². The number of alkyl halides is 3. The van der Waals surface area contributed by atoms with Crippen LogP contribution in [0.2, 0.25) is 10.0 Å². The minimum atomic E-state index is -4.44. The van der Waals surface area contributed by atoms with Gasteiger partial charge in [0.05, 0.1) is 5.56 Å². The minimum Gasteiger partial charge on any atom is -0.403 e. The van der Waals surface area contributed by atoms with Crippen LogP contribution in [-0.2, 0) is 6.18 Å². The molecule has 0 aliphatic carbocycles. The molecule has 1 N–H and O–H groups in total. The highest BCUT2D eigenvalue weighted by Gasteiger charge is 2.30. The lowest BCUT2D eigenvalue weighted by Crippen LogP contribution is -2.12. The molecule has 0 aliphatic heterocycles. The number of hydrogen-bond acceptors (Lipinski definition) is 4. The van der Waals surface area contributed by atoms with E-state index < -0.39 is 17.6 Å². The molecule has 26 heavy (non-hydrogen) atoms. The van der Waals surface area contributed by atoms with Crippen LogP contribution in [0.3, 0.4) is 0 Å². The van der Waals surface area contributed by atoms with Gasteiger partial charge in [-0.15, -0.1) is 5.10 Å². The van der Waals surface area contributed by atoms with Gasteiger partial charge < -0.3 is 4.42 Å². The molecule has 1 amide bonds. The summed E-state index contributed by atoms with van der Waals surface area (Å²) in [5.74, 6) is -0.629. The molecular formula is C16H8Cl2F3N3O2. The minimum absolute atomic E-state index is 0.0434. The van der Waals surface area contributed by atoms with Gasteiger partial charge in [0.2, 0.25) is 5.89 Å². The number of nitrogens with one attached hydrogen (secondary N) is 1. The second-order valence-electron chi connectivity index (χ2n) is 5.10. The summed E-state index contributed by atoms with van der Waals surface area (Å²) in [7, 11) is 0. The molecule has 1 heterocycles. The third kappa shape index (κ3) is 4.14. The first kappa shape index (κ1) is 18.2. The van der Waals surface area contributed by atoms with Crippen molar-refractivity contribution in [2.24, 2.45) is 0 Å². The van der Waals surface area contributed by atoms with Gasteiger partial charge in [0.25, 0.3) is 5.91 Å². The predicted octanol–water partition coefficient (Wildman–Crippen LogP) is 5.31. The lowest BCUT2D eigenvalue weighted by molar-refractivity contribution is -0.137. The van der Waals surface area contributed by atoms with Gasteiger partial charge in [-0.2, -0.15) is 13.2 Å². The molecule has 0 saturated carbocycles. The first-order valence-electron chi connectivity index (χ1n) is 7.01. The molecule has 5 nitrogen and oxygen atoms in total. The summed E-state index contributed by atoms with van der Waals surface area (Å²) in [6.45, 7) is 0. The van der Waals surface area contributed by atoms with Crippen LogP contribution in [0.1, 0.15) is 15.9 Å². The van der Waals surface area contributed by atoms with E-state index in [9.17, 15) is 18.0 Å². The summed E-state index contributed by atoms with van der Waals surface area (Å²) in [6.07, 6.45) is -4.44. The van der Waals surface area contributed by atoms with E-state index in [4.69, 9.17) is 27.6 Å². The zero-order valence-corrected chi connectivity index (χ0v) is 14.2. The summed E-state index contributed by atoms with van der Waals surface area (Å²) in [5, 5.41) is 10.2.